The molecule has 1 aromatic heterocycles. The van der Waals surface area contributed by atoms with E-state index in [1.165, 1.54) is 0 Å². The summed E-state index contributed by atoms with van der Waals surface area (Å²) in [5.74, 6) is -0.134. The molecule has 1 atom stereocenters. The minimum Gasteiger partial charge on any atom is -0.409 e. The van der Waals surface area contributed by atoms with Crippen molar-refractivity contribution >= 4 is 11.7 Å². The van der Waals surface area contributed by atoms with Gasteiger partial charge in [0.05, 0.1) is 5.69 Å². The van der Waals surface area contributed by atoms with Gasteiger partial charge in [-0.05, 0) is 19.4 Å². The third-order valence-electron chi connectivity index (χ3n) is 2.55. The zero-order chi connectivity index (χ0) is 13.7. The van der Waals surface area contributed by atoms with Gasteiger partial charge in [0.2, 0.25) is 0 Å². The van der Waals surface area contributed by atoms with Gasteiger partial charge < -0.3 is 16.3 Å². The van der Waals surface area contributed by atoms with Crippen LogP contribution in [0, 0.1) is 0 Å². The summed E-state index contributed by atoms with van der Waals surface area (Å²) in [6, 6.07) is 1.54. The molecule has 1 rings (SSSR count). The lowest BCUT2D eigenvalue weighted by molar-refractivity contribution is 0.0931. The summed E-state index contributed by atoms with van der Waals surface area (Å²) in [5, 5.41) is 18.3. The molecule has 0 saturated heterocycles. The lowest BCUT2D eigenvalue weighted by Gasteiger charge is -2.12. The van der Waals surface area contributed by atoms with E-state index >= 15 is 0 Å². The molecule has 4 N–H and O–H groups in total. The highest BCUT2D eigenvalue weighted by Crippen LogP contribution is 2.04. The molecule has 0 radical (unpaired) electrons. The number of hydrogen-bond donors (Lipinski definition) is 3. The number of hydrogen-bond acceptors (Lipinski definition) is 4. The molecule has 1 unspecified atom stereocenters. The van der Waals surface area contributed by atoms with Crippen LogP contribution in [0.1, 0.15) is 36.5 Å². The molecular weight excluding hydrogens is 234 g/mol. The zero-order valence-electron chi connectivity index (χ0n) is 10.8. The Morgan fingerprint density at radius 3 is 2.89 bits per heavy atom. The number of aryl methyl sites for hydroxylation is 2. The number of amidine groups is 1. The first kappa shape index (κ1) is 14.0. The molecule has 1 aromatic rings. The molecule has 0 spiro atoms. The number of nitrogens with one attached hydrogen (secondary N) is 1. The molecule has 0 bridgehead atoms. The van der Waals surface area contributed by atoms with Crippen LogP contribution in [0.5, 0.6) is 0 Å². The molecule has 7 nitrogen and oxygen atoms in total. The molecule has 0 fully saturated rings. The lowest BCUT2D eigenvalue weighted by Crippen LogP contribution is -2.36. The Bertz CT molecular complexity index is 452. The highest BCUT2D eigenvalue weighted by molar-refractivity contribution is 5.93. The van der Waals surface area contributed by atoms with Crippen molar-refractivity contribution in [2.24, 2.45) is 17.9 Å². The topological polar surface area (TPSA) is 106 Å². The van der Waals surface area contributed by atoms with E-state index in [2.05, 4.69) is 15.6 Å². The molecule has 1 heterocycles. The highest BCUT2D eigenvalue weighted by atomic mass is 16.4. The Morgan fingerprint density at radius 2 is 2.39 bits per heavy atom. The summed E-state index contributed by atoms with van der Waals surface area (Å²) in [7, 11) is 1.72. The molecule has 0 aliphatic rings. The maximum absolute atomic E-state index is 12.0. The van der Waals surface area contributed by atoms with Gasteiger partial charge in [-0.15, -0.1) is 0 Å². The molecule has 18 heavy (non-hydrogen) atoms. The Kier molecular flexibility index (Phi) is 4.70. The first-order valence-electron chi connectivity index (χ1n) is 5.78. The van der Waals surface area contributed by atoms with Crippen LogP contribution in [0.4, 0.5) is 0 Å². The van der Waals surface area contributed by atoms with Crippen molar-refractivity contribution in [3.8, 4) is 0 Å². The predicted molar refractivity (Wildman–Crippen MR) is 67.5 cm³/mol. The standard InChI is InChI=1S/C11H19N5O2/c1-4-8-6-9(16(3)14-8)11(17)13-7(2)5-10(12)15-18/h6-7,18H,4-5H2,1-3H3,(H2,12,15)(H,13,17). The van der Waals surface area contributed by atoms with Crippen molar-refractivity contribution in [2.45, 2.75) is 32.7 Å². The van der Waals surface area contributed by atoms with Gasteiger partial charge in [0.1, 0.15) is 11.5 Å². The van der Waals surface area contributed by atoms with Gasteiger partial charge in [0.25, 0.3) is 5.91 Å². The average Bonchev–Trinajstić information content (AvgIpc) is 2.70. The second-order valence-electron chi connectivity index (χ2n) is 4.17. The fourth-order valence-corrected chi connectivity index (χ4v) is 1.62. The third-order valence-corrected chi connectivity index (χ3v) is 2.55. The van der Waals surface area contributed by atoms with Crippen molar-refractivity contribution in [3.63, 3.8) is 0 Å². The summed E-state index contributed by atoms with van der Waals surface area (Å²) < 4.78 is 1.55. The van der Waals surface area contributed by atoms with Crippen LogP contribution in [-0.2, 0) is 13.5 Å². The number of oxime groups is 1. The Balaban J connectivity index is 2.67. The number of aromatic nitrogens is 2. The lowest BCUT2D eigenvalue weighted by atomic mass is 10.2. The predicted octanol–water partition coefficient (Wildman–Crippen LogP) is 0.237. The first-order valence-corrected chi connectivity index (χ1v) is 5.78. The van der Waals surface area contributed by atoms with E-state index in [9.17, 15) is 4.79 Å². The molecule has 0 aromatic carbocycles. The molecule has 100 valence electrons. The minimum absolute atomic E-state index is 0.0852. The van der Waals surface area contributed by atoms with E-state index < -0.39 is 0 Å². The number of carbonyl (C=O) groups excluding carboxylic acids is 1. The quantitative estimate of drug-likeness (QED) is 0.302. The van der Waals surface area contributed by atoms with Gasteiger partial charge in [-0.3, -0.25) is 9.48 Å². The van der Waals surface area contributed by atoms with E-state index in [1.807, 2.05) is 6.92 Å². The summed E-state index contributed by atoms with van der Waals surface area (Å²) in [6.45, 7) is 3.76. The molecule has 0 aliphatic carbocycles. The van der Waals surface area contributed by atoms with Crippen LogP contribution in [0.25, 0.3) is 0 Å². The maximum atomic E-state index is 12.0. The van der Waals surface area contributed by atoms with Crippen molar-refractivity contribution < 1.29 is 10.0 Å². The zero-order valence-corrected chi connectivity index (χ0v) is 10.8. The van der Waals surface area contributed by atoms with Crippen molar-refractivity contribution in [3.05, 3.63) is 17.5 Å². The van der Waals surface area contributed by atoms with Crippen LogP contribution >= 0.6 is 0 Å². The summed E-state index contributed by atoms with van der Waals surface area (Å²) in [6.07, 6.45) is 1.07. The number of nitrogens with zero attached hydrogens (tertiary/aromatic N) is 3. The fraction of sp³-hybridized carbons (Fsp3) is 0.545. The van der Waals surface area contributed by atoms with Crippen LogP contribution in [0.2, 0.25) is 0 Å². The van der Waals surface area contributed by atoms with E-state index in [0.717, 1.165) is 12.1 Å². The van der Waals surface area contributed by atoms with Crippen molar-refractivity contribution in [1.29, 1.82) is 0 Å². The van der Waals surface area contributed by atoms with Crippen molar-refractivity contribution in [2.75, 3.05) is 0 Å². The van der Waals surface area contributed by atoms with Gasteiger partial charge in [-0.2, -0.15) is 5.10 Å². The van der Waals surface area contributed by atoms with Crippen LogP contribution < -0.4 is 11.1 Å². The van der Waals surface area contributed by atoms with Crippen LogP contribution in [-0.4, -0.2) is 32.8 Å². The second kappa shape index (κ2) is 6.04. The maximum Gasteiger partial charge on any atom is 0.269 e. The number of amides is 1. The van der Waals surface area contributed by atoms with Gasteiger partial charge in [-0.25, -0.2) is 0 Å². The number of carbonyl (C=O) groups is 1. The number of nitrogens with two attached hydrogens (primary N) is 1. The van der Waals surface area contributed by atoms with Gasteiger partial charge >= 0.3 is 0 Å². The number of rotatable bonds is 5. The Hall–Kier alpha value is -2.05. The first-order chi connectivity index (χ1) is 8.47. The second-order valence-corrected chi connectivity index (χ2v) is 4.17. The Morgan fingerprint density at radius 1 is 1.72 bits per heavy atom. The van der Waals surface area contributed by atoms with Gasteiger partial charge in [-0.1, -0.05) is 12.1 Å². The van der Waals surface area contributed by atoms with E-state index in [-0.39, 0.29) is 17.8 Å². The van der Waals surface area contributed by atoms with Gasteiger partial charge in [0, 0.05) is 19.5 Å². The largest absolute Gasteiger partial charge is 0.409 e. The monoisotopic (exact) mass is 253 g/mol. The summed E-state index contributed by atoms with van der Waals surface area (Å²) in [4.78, 5) is 12.0. The normalized spacial score (nSPS) is 13.4. The van der Waals surface area contributed by atoms with Gasteiger partial charge in [0.15, 0.2) is 0 Å². The molecule has 0 saturated carbocycles. The fourth-order valence-electron chi connectivity index (χ4n) is 1.62. The average molecular weight is 253 g/mol. The summed E-state index contributed by atoms with van der Waals surface area (Å²) >= 11 is 0. The minimum atomic E-state index is -0.220. The highest BCUT2D eigenvalue weighted by Gasteiger charge is 2.15. The van der Waals surface area contributed by atoms with E-state index in [0.29, 0.717) is 12.1 Å². The SMILES string of the molecule is CCc1cc(C(=O)NC(C)CC(N)=NO)n(C)n1. The molecule has 1 amide bonds. The van der Waals surface area contributed by atoms with E-state index in [4.69, 9.17) is 10.9 Å². The van der Waals surface area contributed by atoms with Crippen LogP contribution in [0.3, 0.4) is 0 Å². The molecule has 7 heteroatoms. The molecule has 0 aliphatic heterocycles. The van der Waals surface area contributed by atoms with Crippen molar-refractivity contribution in [1.82, 2.24) is 15.1 Å². The van der Waals surface area contributed by atoms with E-state index in [1.54, 1.807) is 24.7 Å². The third kappa shape index (κ3) is 3.47. The summed E-state index contributed by atoms with van der Waals surface area (Å²) in [5.41, 5.74) is 6.74. The van der Waals surface area contributed by atoms with Crippen LogP contribution in [0.15, 0.2) is 11.2 Å². The molecular formula is C11H19N5O2. The Labute approximate surface area is 106 Å². The smallest absolute Gasteiger partial charge is 0.269 e.